The maximum Gasteiger partial charge on any atom is 0.288 e. The number of hydrogen-bond donors (Lipinski definition) is 1. The highest BCUT2D eigenvalue weighted by molar-refractivity contribution is 7.90. The van der Waals surface area contributed by atoms with E-state index in [0.717, 1.165) is 29.6 Å². The highest BCUT2D eigenvalue weighted by Gasteiger charge is 2.24. The van der Waals surface area contributed by atoms with Crippen molar-refractivity contribution < 1.29 is 18.1 Å². The fraction of sp³-hybridized carbons (Fsp3) is 0.111. The number of nitrogens with one attached hydrogen (secondary N) is 1. The Morgan fingerprint density at radius 3 is 2.61 bits per heavy atom. The third-order valence-corrected chi connectivity index (χ3v) is 5.14. The van der Waals surface area contributed by atoms with Gasteiger partial charge in [0.1, 0.15) is 4.90 Å². The maximum atomic E-state index is 12.4. The van der Waals surface area contributed by atoms with Gasteiger partial charge in [0.25, 0.3) is 11.6 Å². The molecule has 1 amide bonds. The largest absolute Gasteiger partial charge is 0.348 e. The lowest BCUT2D eigenvalue weighted by Gasteiger charge is -2.11. The van der Waals surface area contributed by atoms with Crippen molar-refractivity contribution in [1.29, 1.82) is 0 Å². The molecule has 0 spiro atoms. The highest BCUT2D eigenvalue weighted by atomic mass is 32.2. The van der Waals surface area contributed by atoms with Crippen molar-refractivity contribution in [3.05, 3.63) is 82.2 Å². The Balaban J connectivity index is 1.84. The zero-order valence-corrected chi connectivity index (χ0v) is 15.6. The van der Waals surface area contributed by atoms with Crippen LogP contribution < -0.4 is 5.32 Å². The smallest absolute Gasteiger partial charge is 0.288 e. The molecule has 3 rings (SSSR count). The van der Waals surface area contributed by atoms with Crippen LogP contribution in [-0.2, 0) is 16.4 Å². The van der Waals surface area contributed by atoms with Crippen LogP contribution in [-0.4, -0.2) is 35.3 Å². The summed E-state index contributed by atoms with van der Waals surface area (Å²) in [7, 11) is -3.79. The maximum absolute atomic E-state index is 12.4. The molecule has 1 N–H and O–H groups in total. The Morgan fingerprint density at radius 1 is 1.21 bits per heavy atom. The number of amides is 1. The van der Waals surface area contributed by atoms with Gasteiger partial charge < -0.3 is 5.32 Å². The third-order valence-electron chi connectivity index (χ3n) is 4.00. The van der Waals surface area contributed by atoms with Crippen LogP contribution in [0.25, 0.3) is 5.69 Å². The number of hydrogen-bond acceptors (Lipinski definition) is 6. The second kappa shape index (κ2) is 7.61. The van der Waals surface area contributed by atoms with E-state index in [4.69, 9.17) is 0 Å². The van der Waals surface area contributed by atoms with Gasteiger partial charge in [-0.3, -0.25) is 14.9 Å². The summed E-state index contributed by atoms with van der Waals surface area (Å²) in [4.78, 5) is 22.4. The molecule has 28 heavy (non-hydrogen) atoms. The van der Waals surface area contributed by atoms with E-state index in [1.165, 1.54) is 6.07 Å². The number of para-hydroxylation sites is 1. The van der Waals surface area contributed by atoms with Gasteiger partial charge >= 0.3 is 0 Å². The predicted octanol–water partition coefficient (Wildman–Crippen LogP) is 2.11. The van der Waals surface area contributed by atoms with Crippen LogP contribution in [0.2, 0.25) is 0 Å². The summed E-state index contributed by atoms with van der Waals surface area (Å²) >= 11 is 0. The van der Waals surface area contributed by atoms with Crippen molar-refractivity contribution >= 4 is 21.4 Å². The average molecular weight is 400 g/mol. The molecule has 144 valence electrons. The first-order valence-electron chi connectivity index (χ1n) is 8.12. The van der Waals surface area contributed by atoms with Crippen molar-refractivity contribution in [2.24, 2.45) is 0 Å². The molecule has 10 heteroatoms. The summed E-state index contributed by atoms with van der Waals surface area (Å²) in [6.07, 6.45) is 4.28. The number of aromatic nitrogens is 2. The first-order valence-corrected chi connectivity index (χ1v) is 10.0. The number of sulfone groups is 1. The van der Waals surface area contributed by atoms with E-state index in [9.17, 15) is 23.3 Å². The van der Waals surface area contributed by atoms with Crippen LogP contribution in [0.1, 0.15) is 15.9 Å². The summed E-state index contributed by atoms with van der Waals surface area (Å²) in [5, 5.41) is 18.1. The molecule has 0 saturated carbocycles. The summed E-state index contributed by atoms with van der Waals surface area (Å²) in [5.41, 5.74) is 0.941. The van der Waals surface area contributed by atoms with Gasteiger partial charge in [0.05, 0.1) is 10.6 Å². The molecule has 0 aliphatic heterocycles. The number of benzene rings is 2. The molecule has 0 fully saturated rings. The molecule has 0 saturated heterocycles. The SMILES string of the molecule is CS(=O)(=O)c1ccc(C(=O)NCc2ccccc2-n2cccn2)cc1[N+](=O)[O-]. The molecule has 0 aliphatic carbocycles. The lowest BCUT2D eigenvalue weighted by molar-refractivity contribution is -0.387. The molecule has 0 bridgehead atoms. The van der Waals surface area contributed by atoms with E-state index in [2.05, 4.69) is 10.4 Å². The standard InChI is InChI=1S/C18H16N4O5S/c1-28(26,27)17-8-7-13(11-16(17)22(24)25)18(23)19-12-14-5-2-3-6-15(14)21-10-4-9-20-21/h2-11H,12H2,1H3,(H,19,23). The van der Waals surface area contributed by atoms with E-state index >= 15 is 0 Å². The van der Waals surface area contributed by atoms with Crippen molar-refractivity contribution in [3.8, 4) is 5.69 Å². The minimum atomic E-state index is -3.79. The second-order valence-corrected chi connectivity index (χ2v) is 7.96. The molecular weight excluding hydrogens is 384 g/mol. The molecule has 9 nitrogen and oxygen atoms in total. The fourth-order valence-electron chi connectivity index (χ4n) is 2.69. The highest BCUT2D eigenvalue weighted by Crippen LogP contribution is 2.25. The van der Waals surface area contributed by atoms with Crippen LogP contribution >= 0.6 is 0 Å². The second-order valence-electron chi connectivity index (χ2n) is 5.97. The minimum Gasteiger partial charge on any atom is -0.348 e. The van der Waals surface area contributed by atoms with Gasteiger partial charge in [-0.25, -0.2) is 13.1 Å². The lowest BCUT2D eigenvalue weighted by atomic mass is 10.1. The number of carbonyl (C=O) groups is 1. The topological polar surface area (TPSA) is 124 Å². The van der Waals surface area contributed by atoms with E-state index in [-0.39, 0.29) is 12.1 Å². The van der Waals surface area contributed by atoms with E-state index in [0.29, 0.717) is 0 Å². The molecule has 0 radical (unpaired) electrons. The van der Waals surface area contributed by atoms with Gasteiger partial charge in [0.2, 0.25) is 0 Å². The molecule has 0 aliphatic rings. The number of rotatable bonds is 6. The molecular formula is C18H16N4O5S. The number of nitro groups is 1. The van der Waals surface area contributed by atoms with E-state index in [1.807, 2.05) is 24.3 Å². The zero-order valence-electron chi connectivity index (χ0n) is 14.8. The number of carbonyl (C=O) groups excluding carboxylic acids is 1. The van der Waals surface area contributed by atoms with E-state index in [1.54, 1.807) is 23.1 Å². The van der Waals surface area contributed by atoms with Crippen molar-refractivity contribution in [1.82, 2.24) is 15.1 Å². The van der Waals surface area contributed by atoms with Gasteiger partial charge in [0, 0.05) is 36.8 Å². The molecule has 1 aromatic heterocycles. The van der Waals surface area contributed by atoms with Crippen LogP contribution in [0.15, 0.2) is 65.8 Å². The Morgan fingerprint density at radius 2 is 1.96 bits per heavy atom. The average Bonchev–Trinajstić information content (AvgIpc) is 3.19. The summed E-state index contributed by atoms with van der Waals surface area (Å²) < 4.78 is 25.0. The number of nitro benzene ring substituents is 1. The van der Waals surface area contributed by atoms with Crippen molar-refractivity contribution in [2.45, 2.75) is 11.4 Å². The van der Waals surface area contributed by atoms with E-state index < -0.39 is 31.3 Å². The summed E-state index contributed by atoms with van der Waals surface area (Å²) in [5.74, 6) is -0.557. The quantitative estimate of drug-likeness (QED) is 0.499. The van der Waals surface area contributed by atoms with Gasteiger partial charge in [-0.2, -0.15) is 5.10 Å². The zero-order chi connectivity index (χ0) is 20.3. The molecule has 0 unspecified atom stereocenters. The van der Waals surface area contributed by atoms with Gasteiger partial charge in [-0.1, -0.05) is 18.2 Å². The minimum absolute atomic E-state index is 0.00401. The Kier molecular flexibility index (Phi) is 5.23. The Hall–Kier alpha value is -3.53. The Bertz CT molecular complexity index is 1140. The van der Waals surface area contributed by atoms with Crippen molar-refractivity contribution in [2.75, 3.05) is 6.26 Å². The van der Waals surface area contributed by atoms with Crippen LogP contribution in [0.5, 0.6) is 0 Å². The van der Waals surface area contributed by atoms with Crippen molar-refractivity contribution in [3.63, 3.8) is 0 Å². The van der Waals surface area contributed by atoms with Gasteiger partial charge in [0.15, 0.2) is 9.84 Å². The lowest BCUT2D eigenvalue weighted by Crippen LogP contribution is -2.24. The molecule has 2 aromatic carbocycles. The first kappa shape index (κ1) is 19.2. The normalized spacial score (nSPS) is 11.2. The summed E-state index contributed by atoms with van der Waals surface area (Å²) in [6, 6.07) is 12.4. The number of nitrogens with zero attached hydrogens (tertiary/aromatic N) is 3. The first-order chi connectivity index (χ1) is 13.3. The van der Waals surface area contributed by atoms with Crippen LogP contribution in [0.3, 0.4) is 0 Å². The molecule has 0 atom stereocenters. The molecule has 3 aromatic rings. The predicted molar refractivity (Wildman–Crippen MR) is 101 cm³/mol. The van der Waals surface area contributed by atoms with Crippen LogP contribution in [0, 0.1) is 10.1 Å². The monoisotopic (exact) mass is 400 g/mol. The van der Waals surface area contributed by atoms with Gasteiger partial charge in [-0.15, -0.1) is 0 Å². The third kappa shape index (κ3) is 4.07. The Labute approximate surface area is 160 Å². The van der Waals surface area contributed by atoms with Gasteiger partial charge in [-0.05, 0) is 29.8 Å². The summed E-state index contributed by atoms with van der Waals surface area (Å²) in [6.45, 7) is 0.163. The molecule has 1 heterocycles. The fourth-order valence-corrected chi connectivity index (χ4v) is 3.52. The van der Waals surface area contributed by atoms with Crippen LogP contribution in [0.4, 0.5) is 5.69 Å².